The summed E-state index contributed by atoms with van der Waals surface area (Å²) in [6, 6.07) is 21.2. The number of para-hydroxylation sites is 2. The van der Waals surface area contributed by atoms with Gasteiger partial charge in [0.2, 0.25) is 5.91 Å². The number of nitrogens with one attached hydrogen (secondary N) is 1. The summed E-state index contributed by atoms with van der Waals surface area (Å²) >= 11 is 0. The zero-order chi connectivity index (χ0) is 22.7. The molecule has 0 bridgehead atoms. The average Bonchev–Trinajstić information content (AvgIpc) is 2.80. The highest BCUT2D eigenvalue weighted by Gasteiger charge is 2.25. The van der Waals surface area contributed by atoms with Crippen molar-refractivity contribution in [1.82, 2.24) is 10.3 Å². The predicted octanol–water partition coefficient (Wildman–Crippen LogP) is 2.84. The van der Waals surface area contributed by atoms with Crippen LogP contribution in [0.15, 0.2) is 83.8 Å². The zero-order valence-electron chi connectivity index (χ0n) is 17.1. The first-order valence-electron chi connectivity index (χ1n) is 10.0. The van der Waals surface area contributed by atoms with E-state index in [4.69, 9.17) is 5.73 Å². The van der Waals surface area contributed by atoms with Crippen molar-refractivity contribution in [3.05, 3.63) is 84.4 Å². The first kappa shape index (κ1) is 21.5. The SMILES string of the molecule is NC(=O)[C@H](CCS(=O)(=O)c1ccccc1)NC(=O)c1c2ccccc2nc2ccccc12. The van der Waals surface area contributed by atoms with Gasteiger partial charge in [-0.3, -0.25) is 9.59 Å². The number of pyridine rings is 1. The molecule has 8 heteroatoms. The number of carbonyl (C=O) groups excluding carboxylic acids is 2. The third kappa shape index (κ3) is 4.31. The third-order valence-electron chi connectivity index (χ3n) is 5.24. The van der Waals surface area contributed by atoms with Crippen LogP contribution in [-0.4, -0.2) is 37.0 Å². The Kier molecular flexibility index (Phi) is 5.87. The number of nitrogens with two attached hydrogens (primary N) is 1. The van der Waals surface area contributed by atoms with E-state index in [-0.39, 0.29) is 17.1 Å². The maximum absolute atomic E-state index is 13.3. The smallest absolute Gasteiger partial charge is 0.253 e. The number of nitrogens with zero attached hydrogens (tertiary/aromatic N) is 1. The molecule has 32 heavy (non-hydrogen) atoms. The minimum Gasteiger partial charge on any atom is -0.368 e. The van der Waals surface area contributed by atoms with Crippen molar-refractivity contribution in [3.63, 3.8) is 0 Å². The lowest BCUT2D eigenvalue weighted by molar-refractivity contribution is -0.119. The maximum atomic E-state index is 13.3. The van der Waals surface area contributed by atoms with Crippen molar-refractivity contribution in [2.45, 2.75) is 17.4 Å². The van der Waals surface area contributed by atoms with Crippen LogP contribution in [-0.2, 0) is 14.6 Å². The average molecular weight is 448 g/mol. The first-order valence-corrected chi connectivity index (χ1v) is 11.7. The van der Waals surface area contributed by atoms with E-state index in [0.717, 1.165) is 0 Å². The number of hydrogen-bond donors (Lipinski definition) is 2. The van der Waals surface area contributed by atoms with E-state index < -0.39 is 27.7 Å². The number of rotatable bonds is 7. The number of hydrogen-bond acceptors (Lipinski definition) is 5. The van der Waals surface area contributed by atoms with Gasteiger partial charge in [-0.05, 0) is 30.7 Å². The quantitative estimate of drug-likeness (QED) is 0.422. The van der Waals surface area contributed by atoms with Gasteiger partial charge in [0.15, 0.2) is 9.84 Å². The second-order valence-electron chi connectivity index (χ2n) is 7.37. The van der Waals surface area contributed by atoms with Crippen molar-refractivity contribution < 1.29 is 18.0 Å². The van der Waals surface area contributed by atoms with Crippen molar-refractivity contribution in [2.75, 3.05) is 5.75 Å². The molecule has 4 aromatic rings. The van der Waals surface area contributed by atoms with E-state index in [1.165, 1.54) is 12.1 Å². The molecule has 3 N–H and O–H groups in total. The summed E-state index contributed by atoms with van der Waals surface area (Å²) in [5, 5.41) is 3.89. The molecular weight excluding hydrogens is 426 g/mol. The van der Waals surface area contributed by atoms with Crippen LogP contribution < -0.4 is 11.1 Å². The van der Waals surface area contributed by atoms with Crippen molar-refractivity contribution in [2.24, 2.45) is 5.73 Å². The molecule has 4 rings (SSSR count). The summed E-state index contributed by atoms with van der Waals surface area (Å²) in [6.07, 6.45) is -0.140. The molecule has 0 aliphatic carbocycles. The van der Waals surface area contributed by atoms with Crippen molar-refractivity contribution in [1.29, 1.82) is 0 Å². The van der Waals surface area contributed by atoms with E-state index in [2.05, 4.69) is 10.3 Å². The number of benzene rings is 3. The van der Waals surface area contributed by atoms with Crippen LogP contribution in [0, 0.1) is 0 Å². The Labute approximate surface area is 185 Å². The number of fused-ring (bicyclic) bond motifs is 2. The number of carbonyl (C=O) groups is 2. The Morgan fingerprint density at radius 1 is 0.844 bits per heavy atom. The Morgan fingerprint density at radius 3 is 1.94 bits per heavy atom. The number of amides is 2. The summed E-state index contributed by atoms with van der Waals surface area (Å²) < 4.78 is 25.2. The molecule has 1 atom stereocenters. The number of primary amides is 1. The fourth-order valence-electron chi connectivity index (χ4n) is 3.62. The lowest BCUT2D eigenvalue weighted by atomic mass is 10.0. The molecule has 162 valence electrons. The largest absolute Gasteiger partial charge is 0.368 e. The van der Waals surface area contributed by atoms with Crippen molar-refractivity contribution >= 4 is 43.5 Å². The molecule has 0 unspecified atom stereocenters. The van der Waals surface area contributed by atoms with Gasteiger partial charge < -0.3 is 11.1 Å². The van der Waals surface area contributed by atoms with E-state index in [1.54, 1.807) is 54.6 Å². The molecule has 1 aromatic heterocycles. The molecule has 7 nitrogen and oxygen atoms in total. The molecule has 2 amide bonds. The summed E-state index contributed by atoms with van der Waals surface area (Å²) in [4.78, 5) is 30.1. The van der Waals surface area contributed by atoms with Crippen LogP contribution in [0.5, 0.6) is 0 Å². The Hall–Kier alpha value is -3.78. The van der Waals surface area contributed by atoms with Gasteiger partial charge in [-0.1, -0.05) is 54.6 Å². The van der Waals surface area contributed by atoms with Crippen molar-refractivity contribution in [3.8, 4) is 0 Å². The third-order valence-corrected chi connectivity index (χ3v) is 7.00. The molecule has 0 aliphatic heterocycles. The molecule has 0 radical (unpaired) electrons. The van der Waals surface area contributed by atoms with Gasteiger partial charge in [0.05, 0.1) is 27.2 Å². The van der Waals surface area contributed by atoms with Gasteiger partial charge in [-0.25, -0.2) is 13.4 Å². The second-order valence-corrected chi connectivity index (χ2v) is 9.48. The van der Waals surface area contributed by atoms with Crippen LogP contribution >= 0.6 is 0 Å². The van der Waals surface area contributed by atoms with E-state index in [1.807, 2.05) is 12.1 Å². The van der Waals surface area contributed by atoms with Gasteiger partial charge in [0.1, 0.15) is 6.04 Å². The highest BCUT2D eigenvalue weighted by atomic mass is 32.2. The fourth-order valence-corrected chi connectivity index (χ4v) is 4.97. The lowest BCUT2D eigenvalue weighted by Gasteiger charge is -2.17. The zero-order valence-corrected chi connectivity index (χ0v) is 17.9. The van der Waals surface area contributed by atoms with E-state index in [9.17, 15) is 18.0 Å². The van der Waals surface area contributed by atoms with Gasteiger partial charge in [-0.2, -0.15) is 0 Å². The summed E-state index contributed by atoms with van der Waals surface area (Å²) in [5.41, 5.74) is 7.14. The highest BCUT2D eigenvalue weighted by Crippen LogP contribution is 2.26. The molecule has 1 heterocycles. The van der Waals surface area contributed by atoms with Crippen LogP contribution in [0.3, 0.4) is 0 Å². The first-order chi connectivity index (χ1) is 15.4. The summed E-state index contributed by atoms with van der Waals surface area (Å²) in [6.45, 7) is 0. The predicted molar refractivity (Wildman–Crippen MR) is 123 cm³/mol. The number of sulfone groups is 1. The van der Waals surface area contributed by atoms with Gasteiger partial charge in [-0.15, -0.1) is 0 Å². The van der Waals surface area contributed by atoms with Gasteiger partial charge in [0.25, 0.3) is 5.91 Å². The molecule has 0 fully saturated rings. The van der Waals surface area contributed by atoms with Crippen LogP contribution in [0.25, 0.3) is 21.8 Å². The number of aromatic nitrogens is 1. The van der Waals surface area contributed by atoms with Crippen LogP contribution in [0.4, 0.5) is 0 Å². The van der Waals surface area contributed by atoms with E-state index in [0.29, 0.717) is 27.4 Å². The van der Waals surface area contributed by atoms with Gasteiger partial charge in [0, 0.05) is 10.8 Å². The molecule has 0 spiro atoms. The standard InChI is InChI=1S/C24H21N3O4S/c25-23(28)21(14-15-32(30,31)16-8-2-1-3-9-16)27-24(29)22-17-10-4-6-12-19(17)26-20-13-7-5-11-18(20)22/h1-13,21H,14-15H2,(H2,25,28)(H,27,29)/t21-/m0/s1. The summed E-state index contributed by atoms with van der Waals surface area (Å²) in [5.74, 6) is -1.65. The lowest BCUT2D eigenvalue weighted by Crippen LogP contribution is -2.45. The normalized spacial score (nSPS) is 12.5. The summed E-state index contributed by atoms with van der Waals surface area (Å²) in [7, 11) is -3.63. The Balaban J connectivity index is 1.64. The molecule has 3 aromatic carbocycles. The molecule has 0 saturated carbocycles. The minimum atomic E-state index is -3.63. The molecule has 0 saturated heterocycles. The van der Waals surface area contributed by atoms with E-state index >= 15 is 0 Å². The molecular formula is C24H21N3O4S. The van der Waals surface area contributed by atoms with Crippen LogP contribution in [0.1, 0.15) is 16.8 Å². The van der Waals surface area contributed by atoms with Gasteiger partial charge >= 0.3 is 0 Å². The topological polar surface area (TPSA) is 119 Å². The van der Waals surface area contributed by atoms with Crippen LogP contribution in [0.2, 0.25) is 0 Å². The highest BCUT2D eigenvalue weighted by molar-refractivity contribution is 7.91. The Bertz CT molecular complexity index is 1370. The Morgan fingerprint density at radius 2 is 1.38 bits per heavy atom. The minimum absolute atomic E-state index is 0.140. The fraction of sp³-hybridized carbons (Fsp3) is 0.125. The molecule has 0 aliphatic rings. The maximum Gasteiger partial charge on any atom is 0.253 e. The monoisotopic (exact) mass is 447 g/mol. The second kappa shape index (κ2) is 8.76.